The van der Waals surface area contributed by atoms with Crippen molar-refractivity contribution in [2.45, 2.75) is 12.4 Å². The minimum absolute atomic E-state index is 0.822. The first-order valence-corrected chi connectivity index (χ1v) is 4.63. The number of halogens is 6. The molecule has 0 aliphatic carbocycles. The number of para-hydroxylation sites is 1. The Morgan fingerprint density at radius 3 is 1.47 bits per heavy atom. The fourth-order valence-corrected chi connectivity index (χ4v) is 0.919. The third-order valence-corrected chi connectivity index (χ3v) is 1.70. The molecule has 0 bridgehead atoms. The molecule has 3 N–H and O–H groups in total. The summed E-state index contributed by atoms with van der Waals surface area (Å²) in [6.07, 6.45) is -11.6. The summed E-state index contributed by atoms with van der Waals surface area (Å²) in [5.74, 6) is -7.25. The van der Waals surface area contributed by atoms with E-state index in [4.69, 9.17) is 10.8 Å². The first-order chi connectivity index (χ1) is 8.46. The van der Waals surface area contributed by atoms with Gasteiger partial charge in [0.05, 0.1) is 0 Å². The second-order valence-electron chi connectivity index (χ2n) is 3.27. The number of nitrogens with two attached hydrogens (primary N) is 1. The first kappa shape index (κ1) is 17.1. The zero-order chi connectivity index (χ0) is 15.3. The third-order valence-electron chi connectivity index (χ3n) is 1.70. The molecule has 0 unspecified atom stereocenters. The molecular formula is C10H9F6NO2. The number of carboxylic acid groups (broad SMARTS) is 1. The normalized spacial score (nSPS) is 11.7. The second kappa shape index (κ2) is 6.30. The number of nitrogen functional groups attached to an aromatic ring is 1. The van der Waals surface area contributed by atoms with Gasteiger partial charge in [0.2, 0.25) is 5.92 Å². The van der Waals surface area contributed by atoms with Crippen LogP contribution in [0.3, 0.4) is 0 Å². The molecule has 19 heavy (non-hydrogen) atoms. The second-order valence-corrected chi connectivity index (χ2v) is 3.27. The lowest BCUT2D eigenvalue weighted by molar-refractivity contribution is -0.280. The quantitative estimate of drug-likeness (QED) is 0.617. The van der Waals surface area contributed by atoms with Crippen LogP contribution in [0.1, 0.15) is 0 Å². The van der Waals surface area contributed by atoms with Crippen LogP contribution >= 0.6 is 0 Å². The van der Waals surface area contributed by atoms with Gasteiger partial charge in [-0.15, -0.1) is 0 Å². The molecule has 0 radical (unpaired) electrons. The fraction of sp³-hybridized carbons (Fsp3) is 0.300. The summed E-state index contributed by atoms with van der Waals surface area (Å²) in [5.41, 5.74) is 6.18. The largest absolute Gasteiger partial charge is 0.481 e. The summed E-state index contributed by atoms with van der Waals surface area (Å²) in [5, 5.41) is 7.60. The maximum Gasteiger partial charge on any atom is 0.411 e. The van der Waals surface area contributed by atoms with Gasteiger partial charge in [-0.1, -0.05) is 18.2 Å². The van der Waals surface area contributed by atoms with Gasteiger partial charge in [0, 0.05) is 5.69 Å². The smallest absolute Gasteiger partial charge is 0.411 e. The summed E-state index contributed by atoms with van der Waals surface area (Å²) >= 11 is 0. The van der Waals surface area contributed by atoms with E-state index in [2.05, 4.69) is 0 Å². The van der Waals surface area contributed by atoms with Crippen molar-refractivity contribution in [2.75, 3.05) is 5.73 Å². The van der Waals surface area contributed by atoms with Crippen molar-refractivity contribution in [3.63, 3.8) is 0 Å². The molecule has 0 fully saturated rings. The monoisotopic (exact) mass is 289 g/mol. The molecule has 3 nitrogen and oxygen atoms in total. The Morgan fingerprint density at radius 1 is 1.00 bits per heavy atom. The molecule has 1 aromatic rings. The molecule has 0 spiro atoms. The van der Waals surface area contributed by atoms with Crippen LogP contribution in [0.2, 0.25) is 0 Å². The number of aliphatic carboxylic acids is 1. The number of hydrogen-bond donors (Lipinski definition) is 2. The van der Waals surface area contributed by atoms with E-state index < -0.39 is 24.2 Å². The molecule has 1 aromatic carbocycles. The predicted octanol–water partition coefficient (Wildman–Crippen LogP) is 3.08. The molecular weight excluding hydrogens is 280 g/mol. The minimum atomic E-state index is -5.80. The summed E-state index contributed by atoms with van der Waals surface area (Å²) in [6, 6.07) is 9.49. The van der Waals surface area contributed by atoms with E-state index >= 15 is 0 Å². The van der Waals surface area contributed by atoms with Crippen molar-refractivity contribution >= 4 is 11.7 Å². The van der Waals surface area contributed by atoms with Gasteiger partial charge in [-0.05, 0) is 12.1 Å². The highest BCUT2D eigenvalue weighted by molar-refractivity contribution is 5.71. The van der Waals surface area contributed by atoms with E-state index in [9.17, 15) is 31.1 Å². The lowest BCUT2D eigenvalue weighted by atomic mass is 10.1. The number of carbonyl (C=O) groups is 1. The topological polar surface area (TPSA) is 63.3 Å². The SMILES string of the molecule is Nc1ccccc1.O=C(O)C(C(F)(F)F)C(F)(F)F. The van der Waals surface area contributed by atoms with Crippen molar-refractivity contribution in [3.05, 3.63) is 30.3 Å². The predicted molar refractivity (Wildman–Crippen MR) is 54.1 cm³/mol. The van der Waals surface area contributed by atoms with Crippen molar-refractivity contribution in [1.82, 2.24) is 0 Å². The summed E-state index contributed by atoms with van der Waals surface area (Å²) < 4.78 is 68.2. The number of alkyl halides is 6. The van der Waals surface area contributed by atoms with Crippen molar-refractivity contribution in [3.8, 4) is 0 Å². The van der Waals surface area contributed by atoms with Crippen LogP contribution in [-0.4, -0.2) is 23.4 Å². The molecule has 9 heteroatoms. The molecule has 0 heterocycles. The molecule has 1 rings (SSSR count). The van der Waals surface area contributed by atoms with Crippen molar-refractivity contribution in [1.29, 1.82) is 0 Å². The maximum atomic E-state index is 11.4. The Labute approximate surface area is 103 Å². The number of benzene rings is 1. The van der Waals surface area contributed by atoms with Crippen LogP contribution in [0.15, 0.2) is 30.3 Å². The van der Waals surface area contributed by atoms with Crippen LogP contribution < -0.4 is 5.73 Å². The van der Waals surface area contributed by atoms with Crippen LogP contribution in [0.5, 0.6) is 0 Å². The zero-order valence-electron chi connectivity index (χ0n) is 9.16. The Hall–Kier alpha value is -1.93. The molecule has 108 valence electrons. The van der Waals surface area contributed by atoms with Crippen molar-refractivity contribution < 1.29 is 36.2 Å². The molecule has 0 aliphatic rings. The van der Waals surface area contributed by atoms with Crippen LogP contribution in [0.25, 0.3) is 0 Å². The molecule has 0 saturated carbocycles. The van der Waals surface area contributed by atoms with Gasteiger partial charge in [0.15, 0.2) is 0 Å². The number of anilines is 1. The van der Waals surface area contributed by atoms with E-state index in [0.29, 0.717) is 0 Å². The van der Waals surface area contributed by atoms with Gasteiger partial charge < -0.3 is 10.8 Å². The van der Waals surface area contributed by atoms with E-state index in [1.54, 1.807) is 0 Å². The van der Waals surface area contributed by atoms with E-state index in [1.165, 1.54) is 0 Å². The highest BCUT2D eigenvalue weighted by Gasteiger charge is 2.61. The van der Waals surface area contributed by atoms with E-state index in [1.807, 2.05) is 30.3 Å². The van der Waals surface area contributed by atoms with Gasteiger partial charge in [0.1, 0.15) is 0 Å². The van der Waals surface area contributed by atoms with Gasteiger partial charge in [-0.2, -0.15) is 26.3 Å². The Kier molecular flexibility index (Phi) is 5.66. The highest BCUT2D eigenvalue weighted by atomic mass is 19.4. The number of hydrogen-bond acceptors (Lipinski definition) is 2. The van der Waals surface area contributed by atoms with E-state index in [0.717, 1.165) is 5.69 Å². The van der Waals surface area contributed by atoms with Gasteiger partial charge in [-0.3, -0.25) is 4.79 Å². The maximum absolute atomic E-state index is 11.4. The van der Waals surface area contributed by atoms with E-state index in [-0.39, 0.29) is 0 Å². The average molecular weight is 289 g/mol. The Morgan fingerprint density at radius 2 is 1.37 bits per heavy atom. The number of rotatable bonds is 1. The summed E-state index contributed by atoms with van der Waals surface area (Å²) in [7, 11) is 0. The van der Waals surface area contributed by atoms with Crippen molar-refractivity contribution in [2.24, 2.45) is 5.92 Å². The molecule has 0 aliphatic heterocycles. The summed E-state index contributed by atoms with van der Waals surface area (Å²) in [6.45, 7) is 0. The molecule has 0 aromatic heterocycles. The zero-order valence-corrected chi connectivity index (χ0v) is 9.16. The minimum Gasteiger partial charge on any atom is -0.481 e. The number of carboxylic acids is 1. The average Bonchev–Trinajstić information content (AvgIpc) is 2.13. The van der Waals surface area contributed by atoms with Gasteiger partial charge >= 0.3 is 18.3 Å². The molecule has 0 amide bonds. The van der Waals surface area contributed by atoms with Crippen LogP contribution in [-0.2, 0) is 4.79 Å². The first-order valence-electron chi connectivity index (χ1n) is 4.63. The lowest BCUT2D eigenvalue weighted by Gasteiger charge is -2.18. The molecule has 0 atom stereocenters. The van der Waals surface area contributed by atoms with Crippen LogP contribution in [0.4, 0.5) is 32.0 Å². The summed E-state index contributed by atoms with van der Waals surface area (Å²) in [4.78, 5) is 9.55. The van der Waals surface area contributed by atoms with Gasteiger partial charge in [-0.25, -0.2) is 0 Å². The lowest BCUT2D eigenvalue weighted by Crippen LogP contribution is -2.42. The Balaban J connectivity index is 0.000000388. The third kappa shape index (κ3) is 6.53. The fourth-order valence-electron chi connectivity index (χ4n) is 0.919. The molecule has 0 saturated heterocycles. The standard InChI is InChI=1S/C6H7N.C4H2F6O2/c7-6-4-2-1-3-5-6;5-3(6,7)1(2(11)12)4(8,9)10/h1-5H,7H2;1H,(H,11,12). The highest BCUT2D eigenvalue weighted by Crippen LogP contribution is 2.39. The van der Waals surface area contributed by atoms with Gasteiger partial charge in [0.25, 0.3) is 0 Å². The Bertz CT molecular complexity index is 387. The van der Waals surface area contributed by atoms with Crippen LogP contribution in [0, 0.1) is 5.92 Å².